The number of amides is 1. The number of benzene rings is 2. The second kappa shape index (κ2) is 8.10. The van der Waals surface area contributed by atoms with Gasteiger partial charge < -0.3 is 10.1 Å². The summed E-state index contributed by atoms with van der Waals surface area (Å²) in [5.74, 6) is -2.74. The summed E-state index contributed by atoms with van der Waals surface area (Å²) in [5.41, 5.74) is 0.372. The van der Waals surface area contributed by atoms with Crippen molar-refractivity contribution in [2.24, 2.45) is 0 Å². The third kappa shape index (κ3) is 4.57. The maximum Gasteiger partial charge on any atom is 0.471 e. The number of anilines is 1. The Morgan fingerprint density at radius 1 is 1.19 bits per heavy atom. The second-order valence-corrected chi connectivity index (χ2v) is 5.59. The summed E-state index contributed by atoms with van der Waals surface area (Å²) in [6.45, 7) is 1.83. The molecule has 2 rings (SSSR count). The van der Waals surface area contributed by atoms with Crippen molar-refractivity contribution in [1.82, 2.24) is 0 Å². The van der Waals surface area contributed by atoms with Crippen LogP contribution < -0.4 is 5.32 Å². The van der Waals surface area contributed by atoms with Gasteiger partial charge in [-0.15, -0.1) is 0 Å². The SMILES string of the molecule is CCOC(=O)c1ccc(-c2c(NC(=O)C(F)(F)F)ccc(C#N)c2Cl)cc1. The molecule has 0 radical (unpaired) electrons. The first-order chi connectivity index (χ1) is 12.7. The number of nitrogens with zero attached hydrogens (tertiary/aromatic N) is 1. The molecule has 0 atom stereocenters. The van der Waals surface area contributed by atoms with Crippen molar-refractivity contribution in [3.05, 3.63) is 52.5 Å². The van der Waals surface area contributed by atoms with Crippen LogP contribution in [-0.4, -0.2) is 24.7 Å². The molecule has 0 saturated carbocycles. The molecule has 5 nitrogen and oxygen atoms in total. The van der Waals surface area contributed by atoms with Crippen LogP contribution in [0.2, 0.25) is 5.02 Å². The molecule has 1 amide bonds. The molecule has 0 aliphatic rings. The summed E-state index contributed by atoms with van der Waals surface area (Å²) in [6.07, 6.45) is -5.09. The molecule has 0 fully saturated rings. The molecule has 0 aliphatic heterocycles. The summed E-state index contributed by atoms with van der Waals surface area (Å²) < 4.78 is 42.6. The first-order valence-corrected chi connectivity index (χ1v) is 7.95. The first kappa shape index (κ1) is 20.3. The molecule has 27 heavy (non-hydrogen) atoms. The Morgan fingerprint density at radius 2 is 1.81 bits per heavy atom. The summed E-state index contributed by atoms with van der Waals surface area (Å²) in [5, 5.41) is 10.7. The molecule has 0 unspecified atom stereocenters. The van der Waals surface area contributed by atoms with E-state index in [4.69, 9.17) is 21.6 Å². The zero-order valence-corrected chi connectivity index (χ0v) is 14.6. The van der Waals surface area contributed by atoms with Crippen LogP contribution in [-0.2, 0) is 9.53 Å². The van der Waals surface area contributed by atoms with Crippen LogP contribution in [0.5, 0.6) is 0 Å². The Kier molecular flexibility index (Phi) is 6.08. The Morgan fingerprint density at radius 3 is 2.33 bits per heavy atom. The van der Waals surface area contributed by atoms with Crippen molar-refractivity contribution >= 4 is 29.2 Å². The fraction of sp³-hybridized carbons (Fsp3) is 0.167. The predicted octanol–water partition coefficient (Wildman–Crippen LogP) is 4.56. The topological polar surface area (TPSA) is 79.2 Å². The van der Waals surface area contributed by atoms with Gasteiger partial charge in [0.05, 0.1) is 28.4 Å². The Hall–Kier alpha value is -3.05. The van der Waals surface area contributed by atoms with Crippen LogP contribution in [0.1, 0.15) is 22.8 Å². The van der Waals surface area contributed by atoms with Crippen molar-refractivity contribution in [3.8, 4) is 17.2 Å². The average molecular weight is 397 g/mol. The minimum Gasteiger partial charge on any atom is -0.462 e. The Labute approximate surface area is 157 Å². The van der Waals surface area contributed by atoms with Gasteiger partial charge in [-0.1, -0.05) is 23.7 Å². The van der Waals surface area contributed by atoms with E-state index in [0.717, 1.165) is 6.07 Å². The van der Waals surface area contributed by atoms with Crippen LogP contribution in [0.25, 0.3) is 11.1 Å². The molecular formula is C18H12ClF3N2O3. The minimum atomic E-state index is -5.09. The summed E-state index contributed by atoms with van der Waals surface area (Å²) >= 11 is 6.15. The van der Waals surface area contributed by atoms with Gasteiger partial charge in [0.25, 0.3) is 0 Å². The third-order valence-electron chi connectivity index (χ3n) is 3.45. The lowest BCUT2D eigenvalue weighted by Gasteiger charge is -2.15. The molecule has 0 heterocycles. The van der Waals surface area contributed by atoms with E-state index in [-0.39, 0.29) is 34.0 Å². The van der Waals surface area contributed by atoms with Gasteiger partial charge in [-0.3, -0.25) is 4.79 Å². The number of alkyl halides is 3. The van der Waals surface area contributed by atoms with Crippen LogP contribution in [0.4, 0.5) is 18.9 Å². The van der Waals surface area contributed by atoms with Crippen molar-refractivity contribution in [2.75, 3.05) is 11.9 Å². The summed E-state index contributed by atoms with van der Waals surface area (Å²) in [7, 11) is 0. The van der Waals surface area contributed by atoms with E-state index < -0.39 is 18.1 Å². The highest BCUT2D eigenvalue weighted by Crippen LogP contribution is 2.38. The van der Waals surface area contributed by atoms with E-state index in [9.17, 15) is 22.8 Å². The lowest BCUT2D eigenvalue weighted by molar-refractivity contribution is -0.167. The van der Waals surface area contributed by atoms with Gasteiger partial charge >= 0.3 is 18.1 Å². The number of hydrogen-bond donors (Lipinski definition) is 1. The number of hydrogen-bond acceptors (Lipinski definition) is 4. The fourth-order valence-electron chi connectivity index (χ4n) is 2.23. The van der Waals surface area contributed by atoms with Gasteiger partial charge in [-0.2, -0.15) is 18.4 Å². The monoisotopic (exact) mass is 396 g/mol. The molecule has 0 bridgehead atoms. The van der Waals surface area contributed by atoms with Gasteiger partial charge in [0.2, 0.25) is 0 Å². The van der Waals surface area contributed by atoms with Gasteiger partial charge in [0, 0.05) is 5.56 Å². The summed E-state index contributed by atoms with van der Waals surface area (Å²) in [6, 6.07) is 9.83. The largest absolute Gasteiger partial charge is 0.471 e. The lowest BCUT2D eigenvalue weighted by Crippen LogP contribution is -2.30. The van der Waals surface area contributed by atoms with Crippen LogP contribution in [0, 0.1) is 11.3 Å². The highest BCUT2D eigenvalue weighted by molar-refractivity contribution is 6.35. The maximum atomic E-state index is 12.6. The normalized spacial score (nSPS) is 10.8. The highest BCUT2D eigenvalue weighted by atomic mass is 35.5. The predicted molar refractivity (Wildman–Crippen MR) is 92.2 cm³/mol. The van der Waals surface area contributed by atoms with Crippen LogP contribution in [0.15, 0.2) is 36.4 Å². The van der Waals surface area contributed by atoms with E-state index in [1.165, 1.54) is 30.3 Å². The highest BCUT2D eigenvalue weighted by Gasteiger charge is 2.39. The number of rotatable bonds is 4. The van der Waals surface area contributed by atoms with E-state index in [1.807, 2.05) is 6.07 Å². The van der Waals surface area contributed by atoms with E-state index >= 15 is 0 Å². The van der Waals surface area contributed by atoms with Gasteiger partial charge in [-0.25, -0.2) is 4.79 Å². The molecule has 0 spiro atoms. The molecule has 2 aromatic carbocycles. The average Bonchev–Trinajstić information content (AvgIpc) is 2.61. The molecule has 1 N–H and O–H groups in total. The smallest absolute Gasteiger partial charge is 0.462 e. The number of esters is 1. The number of nitriles is 1. The zero-order chi connectivity index (χ0) is 20.2. The molecular weight excluding hydrogens is 385 g/mol. The quantitative estimate of drug-likeness (QED) is 0.768. The third-order valence-corrected chi connectivity index (χ3v) is 3.85. The van der Waals surface area contributed by atoms with Gasteiger partial charge in [-0.05, 0) is 36.8 Å². The van der Waals surface area contributed by atoms with Crippen molar-refractivity contribution < 1.29 is 27.5 Å². The Balaban J connectivity index is 2.52. The van der Waals surface area contributed by atoms with E-state index in [1.54, 1.807) is 12.2 Å². The molecule has 0 aromatic heterocycles. The van der Waals surface area contributed by atoms with Gasteiger partial charge in [0.15, 0.2) is 0 Å². The van der Waals surface area contributed by atoms with Crippen LogP contribution in [0.3, 0.4) is 0 Å². The molecule has 0 saturated heterocycles. The Bertz CT molecular complexity index is 919. The number of carbonyl (C=O) groups excluding carboxylic acids is 2. The molecule has 0 aliphatic carbocycles. The first-order valence-electron chi connectivity index (χ1n) is 7.57. The van der Waals surface area contributed by atoms with Crippen LogP contribution >= 0.6 is 11.6 Å². The number of carbonyl (C=O) groups is 2. The van der Waals surface area contributed by atoms with Crippen molar-refractivity contribution in [2.45, 2.75) is 13.1 Å². The number of halogens is 4. The standard InChI is InChI=1S/C18H12ClF3N2O3/c1-2-27-16(25)11-5-3-10(4-6-11)14-13(24-17(26)18(20,21)22)8-7-12(9-23)15(14)19/h3-8H,2H2,1H3,(H,24,26). The number of nitrogens with one attached hydrogen (secondary N) is 1. The maximum absolute atomic E-state index is 12.6. The summed E-state index contributed by atoms with van der Waals surface area (Å²) in [4.78, 5) is 23.0. The minimum absolute atomic E-state index is 0.0196. The van der Waals surface area contributed by atoms with E-state index in [0.29, 0.717) is 5.56 Å². The lowest BCUT2D eigenvalue weighted by atomic mass is 9.99. The van der Waals surface area contributed by atoms with Crippen molar-refractivity contribution in [3.63, 3.8) is 0 Å². The zero-order valence-electron chi connectivity index (χ0n) is 13.9. The second-order valence-electron chi connectivity index (χ2n) is 5.21. The fourth-order valence-corrected chi connectivity index (χ4v) is 2.55. The van der Waals surface area contributed by atoms with E-state index in [2.05, 4.69) is 0 Å². The van der Waals surface area contributed by atoms with Gasteiger partial charge in [0.1, 0.15) is 6.07 Å². The molecule has 9 heteroatoms. The molecule has 2 aromatic rings. The van der Waals surface area contributed by atoms with Crippen molar-refractivity contribution in [1.29, 1.82) is 5.26 Å². The molecule has 140 valence electrons. The number of ether oxygens (including phenoxy) is 1.